The molecule has 0 unspecified atom stereocenters. The molecule has 1 N–H and O–H groups in total. The van der Waals surface area contributed by atoms with Gasteiger partial charge in [-0.15, -0.1) is 10.2 Å². The molecule has 0 saturated carbocycles. The van der Waals surface area contributed by atoms with Gasteiger partial charge in [0.15, 0.2) is 10.8 Å². The molecule has 8 nitrogen and oxygen atoms in total. The Morgan fingerprint density at radius 3 is 2.52 bits per heavy atom. The van der Waals surface area contributed by atoms with Crippen molar-refractivity contribution in [2.75, 3.05) is 18.2 Å². The van der Waals surface area contributed by atoms with Crippen molar-refractivity contribution in [2.45, 2.75) is 19.0 Å². The van der Waals surface area contributed by atoms with Crippen LogP contribution in [-0.4, -0.2) is 43.0 Å². The number of anilines is 1. The van der Waals surface area contributed by atoms with Crippen molar-refractivity contribution >= 4 is 34.5 Å². The summed E-state index contributed by atoms with van der Waals surface area (Å²) in [7, 11) is 1.64. The number of thioether (sulfide) groups is 1. The zero-order valence-electron chi connectivity index (χ0n) is 18.4. The van der Waals surface area contributed by atoms with E-state index in [1.54, 1.807) is 11.6 Å². The monoisotopic (exact) mass is 458 g/mol. The molecular weight excluding hydrogens is 436 g/mol. The molecule has 0 aliphatic rings. The maximum Gasteiger partial charge on any atom is 0.234 e. The van der Waals surface area contributed by atoms with Gasteiger partial charge in [0.25, 0.3) is 0 Å². The second kappa shape index (κ2) is 8.59. The summed E-state index contributed by atoms with van der Waals surface area (Å²) in [5.41, 5.74) is 6.35. The second-order valence-electron chi connectivity index (χ2n) is 7.78. The van der Waals surface area contributed by atoms with E-state index in [1.807, 2.05) is 73.1 Å². The number of aryl methyl sites for hydroxylation is 2. The van der Waals surface area contributed by atoms with Gasteiger partial charge in [0.2, 0.25) is 5.91 Å². The minimum Gasteiger partial charge on any atom is -0.497 e. The summed E-state index contributed by atoms with van der Waals surface area (Å²) < 4.78 is 8.89. The van der Waals surface area contributed by atoms with Crippen LogP contribution in [0.1, 0.15) is 11.1 Å². The lowest BCUT2D eigenvalue weighted by Crippen LogP contribution is -2.14. The molecule has 0 aliphatic heterocycles. The van der Waals surface area contributed by atoms with Gasteiger partial charge in [-0.2, -0.15) is 5.10 Å². The van der Waals surface area contributed by atoms with Gasteiger partial charge in [-0.05, 0) is 67.4 Å². The van der Waals surface area contributed by atoms with Crippen LogP contribution in [0.5, 0.6) is 5.75 Å². The van der Waals surface area contributed by atoms with E-state index in [4.69, 9.17) is 4.74 Å². The van der Waals surface area contributed by atoms with E-state index in [9.17, 15) is 4.79 Å². The van der Waals surface area contributed by atoms with Crippen molar-refractivity contribution < 1.29 is 9.53 Å². The largest absolute Gasteiger partial charge is 0.497 e. The molecule has 2 aromatic carbocycles. The Bertz CT molecular complexity index is 1450. The Hall–Kier alpha value is -3.85. The number of rotatable bonds is 6. The van der Waals surface area contributed by atoms with Crippen LogP contribution in [0.25, 0.3) is 22.4 Å². The standard InChI is InChI=1S/C24H22N6O2S/c1-15-10-16(2)12-18(11-15)25-22(31)14-33-24-27-26-23-21-13-20(28-30(21)9-8-29(23)24)17-4-6-19(32-3)7-5-17/h4-13H,14H2,1-3H3,(H,25,31). The van der Waals surface area contributed by atoms with Crippen LogP contribution in [0.4, 0.5) is 5.69 Å². The molecule has 0 bridgehead atoms. The van der Waals surface area contributed by atoms with Crippen molar-refractivity contribution in [3.63, 3.8) is 0 Å². The summed E-state index contributed by atoms with van der Waals surface area (Å²) in [4.78, 5) is 12.5. The Balaban J connectivity index is 1.35. The van der Waals surface area contributed by atoms with Gasteiger partial charge in [-0.25, -0.2) is 4.52 Å². The number of fused-ring (bicyclic) bond motifs is 3. The van der Waals surface area contributed by atoms with Crippen LogP contribution >= 0.6 is 11.8 Å². The lowest BCUT2D eigenvalue weighted by Gasteiger charge is -2.07. The van der Waals surface area contributed by atoms with Crippen LogP contribution in [0.2, 0.25) is 0 Å². The first-order chi connectivity index (χ1) is 16.0. The molecule has 0 spiro atoms. The van der Waals surface area contributed by atoms with Crippen LogP contribution < -0.4 is 10.1 Å². The van der Waals surface area contributed by atoms with Crippen molar-refractivity contribution in [1.82, 2.24) is 24.2 Å². The number of methoxy groups -OCH3 is 1. The molecule has 0 aliphatic carbocycles. The Labute approximate surface area is 194 Å². The van der Waals surface area contributed by atoms with E-state index >= 15 is 0 Å². The van der Waals surface area contributed by atoms with Gasteiger partial charge >= 0.3 is 0 Å². The smallest absolute Gasteiger partial charge is 0.234 e. The van der Waals surface area contributed by atoms with Crippen LogP contribution in [-0.2, 0) is 4.79 Å². The molecule has 9 heteroatoms. The Kier molecular flexibility index (Phi) is 5.47. The Morgan fingerprint density at radius 2 is 1.79 bits per heavy atom. The topological polar surface area (TPSA) is 85.8 Å². The van der Waals surface area contributed by atoms with E-state index in [0.717, 1.165) is 39.3 Å². The highest BCUT2D eigenvalue weighted by molar-refractivity contribution is 7.99. The molecule has 1 amide bonds. The molecule has 3 aromatic heterocycles. The fourth-order valence-corrected chi connectivity index (χ4v) is 4.48. The van der Waals surface area contributed by atoms with Gasteiger partial charge in [-0.1, -0.05) is 17.8 Å². The van der Waals surface area contributed by atoms with E-state index in [0.29, 0.717) is 10.8 Å². The number of carbonyl (C=O) groups excluding carboxylic acids is 1. The third-order valence-electron chi connectivity index (χ3n) is 5.21. The van der Waals surface area contributed by atoms with Gasteiger partial charge in [0, 0.05) is 23.6 Å². The minimum atomic E-state index is -0.0889. The fraction of sp³-hybridized carbons (Fsp3) is 0.167. The van der Waals surface area contributed by atoms with E-state index in [-0.39, 0.29) is 11.7 Å². The van der Waals surface area contributed by atoms with Gasteiger partial charge < -0.3 is 10.1 Å². The molecule has 166 valence electrons. The second-order valence-corrected chi connectivity index (χ2v) is 8.72. The average Bonchev–Trinajstić information content (AvgIpc) is 3.41. The summed E-state index contributed by atoms with van der Waals surface area (Å²) in [6.07, 6.45) is 3.72. The number of aromatic nitrogens is 5. The first-order valence-corrected chi connectivity index (χ1v) is 11.4. The quantitative estimate of drug-likeness (QED) is 0.380. The molecule has 5 rings (SSSR count). The lowest BCUT2D eigenvalue weighted by atomic mass is 10.1. The number of carbonyl (C=O) groups is 1. The number of hydrogen-bond donors (Lipinski definition) is 1. The predicted molar refractivity (Wildman–Crippen MR) is 129 cm³/mol. The number of nitrogens with zero attached hydrogens (tertiary/aromatic N) is 5. The maximum absolute atomic E-state index is 12.5. The summed E-state index contributed by atoms with van der Waals surface area (Å²) in [6, 6.07) is 15.7. The highest BCUT2D eigenvalue weighted by Crippen LogP contribution is 2.25. The summed E-state index contributed by atoms with van der Waals surface area (Å²) in [6.45, 7) is 4.02. The van der Waals surface area contributed by atoms with Crippen molar-refractivity contribution in [3.05, 3.63) is 72.1 Å². The third-order valence-corrected chi connectivity index (χ3v) is 6.15. The molecular formula is C24H22N6O2S. The highest BCUT2D eigenvalue weighted by Gasteiger charge is 2.14. The summed E-state index contributed by atoms with van der Waals surface area (Å²) in [5.74, 6) is 0.939. The van der Waals surface area contributed by atoms with Crippen LogP contribution in [0, 0.1) is 13.8 Å². The normalized spacial score (nSPS) is 11.2. The summed E-state index contributed by atoms with van der Waals surface area (Å²) in [5, 5.41) is 16.9. The highest BCUT2D eigenvalue weighted by atomic mass is 32.2. The number of hydrogen-bond acceptors (Lipinski definition) is 6. The first-order valence-electron chi connectivity index (χ1n) is 10.4. The number of ether oxygens (including phenoxy) is 1. The third kappa shape index (κ3) is 4.27. The molecule has 0 saturated heterocycles. The van der Waals surface area contributed by atoms with E-state index in [1.165, 1.54) is 11.8 Å². The molecule has 0 fully saturated rings. The zero-order valence-corrected chi connectivity index (χ0v) is 19.3. The van der Waals surface area contributed by atoms with Gasteiger partial charge in [0.1, 0.15) is 11.3 Å². The van der Waals surface area contributed by atoms with Crippen molar-refractivity contribution in [2.24, 2.45) is 0 Å². The maximum atomic E-state index is 12.5. The van der Waals surface area contributed by atoms with Gasteiger partial charge in [-0.3, -0.25) is 9.20 Å². The minimum absolute atomic E-state index is 0.0889. The summed E-state index contributed by atoms with van der Waals surface area (Å²) >= 11 is 1.34. The predicted octanol–water partition coefficient (Wildman–Crippen LogP) is 4.40. The van der Waals surface area contributed by atoms with E-state index < -0.39 is 0 Å². The number of benzene rings is 2. The van der Waals surface area contributed by atoms with Gasteiger partial charge in [0.05, 0.1) is 18.6 Å². The van der Waals surface area contributed by atoms with Crippen molar-refractivity contribution in [3.8, 4) is 17.0 Å². The molecule has 5 aromatic rings. The van der Waals surface area contributed by atoms with Crippen LogP contribution in [0.3, 0.4) is 0 Å². The average molecular weight is 459 g/mol. The van der Waals surface area contributed by atoms with E-state index in [2.05, 4.69) is 26.7 Å². The molecule has 3 heterocycles. The van der Waals surface area contributed by atoms with Crippen LogP contribution in [0.15, 0.2) is 66.1 Å². The lowest BCUT2D eigenvalue weighted by molar-refractivity contribution is -0.113. The first kappa shape index (κ1) is 21.0. The van der Waals surface area contributed by atoms with Crippen molar-refractivity contribution in [1.29, 1.82) is 0 Å². The number of amides is 1. The SMILES string of the molecule is COc1ccc(-c2cc3c4nnc(SCC(=O)Nc5cc(C)cc(C)c5)n4ccn3n2)cc1. The molecule has 0 radical (unpaired) electrons. The molecule has 33 heavy (non-hydrogen) atoms. The number of nitrogens with one attached hydrogen (secondary N) is 1. The Morgan fingerprint density at radius 1 is 1.03 bits per heavy atom. The molecule has 0 atom stereocenters. The zero-order chi connectivity index (χ0) is 22.9. The fourth-order valence-electron chi connectivity index (χ4n) is 3.77.